The van der Waals surface area contributed by atoms with Crippen molar-refractivity contribution >= 4 is 0 Å². The molecule has 3 nitrogen and oxygen atoms in total. The Bertz CT molecular complexity index is 429. The molecule has 1 aliphatic carbocycles. The van der Waals surface area contributed by atoms with E-state index in [4.69, 9.17) is 10.5 Å². The molecule has 2 unspecified atom stereocenters. The van der Waals surface area contributed by atoms with Crippen LogP contribution in [0.5, 0.6) is 5.75 Å². The quantitative estimate of drug-likeness (QED) is 0.831. The van der Waals surface area contributed by atoms with E-state index in [0.717, 1.165) is 18.7 Å². The molecule has 0 aliphatic heterocycles. The molecule has 0 aromatic heterocycles. The first kappa shape index (κ1) is 16.3. The molecule has 1 fully saturated rings. The average molecular weight is 290 g/mol. The molecule has 2 N–H and O–H groups in total. The van der Waals surface area contributed by atoms with Gasteiger partial charge >= 0.3 is 0 Å². The average Bonchev–Trinajstić information content (AvgIpc) is 3.05. The molecule has 1 aromatic carbocycles. The zero-order chi connectivity index (χ0) is 15.2. The molecule has 118 valence electrons. The summed E-state index contributed by atoms with van der Waals surface area (Å²) in [6, 6.07) is 9.41. The van der Waals surface area contributed by atoms with Crippen molar-refractivity contribution in [1.82, 2.24) is 4.90 Å². The summed E-state index contributed by atoms with van der Waals surface area (Å²) in [5.74, 6) is 0.961. The Morgan fingerprint density at radius 1 is 1.24 bits per heavy atom. The SMILES string of the molecule is CCC(N)C(c1ccccc1OC)N(CC)C1CCCC1. The van der Waals surface area contributed by atoms with Crippen molar-refractivity contribution < 1.29 is 4.74 Å². The summed E-state index contributed by atoms with van der Waals surface area (Å²) >= 11 is 0. The third kappa shape index (κ3) is 3.58. The maximum atomic E-state index is 6.52. The Morgan fingerprint density at radius 3 is 2.48 bits per heavy atom. The number of para-hydroxylation sites is 1. The van der Waals surface area contributed by atoms with Gasteiger partial charge in [-0.15, -0.1) is 0 Å². The summed E-state index contributed by atoms with van der Waals surface area (Å²) in [4.78, 5) is 2.61. The van der Waals surface area contributed by atoms with Gasteiger partial charge in [0.1, 0.15) is 5.75 Å². The van der Waals surface area contributed by atoms with E-state index < -0.39 is 0 Å². The molecule has 2 rings (SSSR count). The second kappa shape index (κ2) is 7.81. The molecule has 0 radical (unpaired) electrons. The zero-order valence-electron chi connectivity index (χ0n) is 13.7. The van der Waals surface area contributed by atoms with Gasteiger partial charge in [-0.1, -0.05) is 44.9 Å². The van der Waals surface area contributed by atoms with E-state index in [0.29, 0.717) is 6.04 Å². The Balaban J connectivity index is 2.36. The lowest BCUT2D eigenvalue weighted by Gasteiger charge is -2.39. The molecule has 1 aliphatic rings. The molecule has 3 heteroatoms. The summed E-state index contributed by atoms with van der Waals surface area (Å²) in [6.07, 6.45) is 6.28. The number of benzene rings is 1. The fraction of sp³-hybridized carbons (Fsp3) is 0.667. The Kier molecular flexibility index (Phi) is 6.07. The van der Waals surface area contributed by atoms with Crippen molar-refractivity contribution in [3.63, 3.8) is 0 Å². The molecule has 0 saturated heterocycles. The van der Waals surface area contributed by atoms with E-state index in [1.807, 2.05) is 12.1 Å². The third-order valence-electron chi connectivity index (χ3n) is 4.85. The van der Waals surface area contributed by atoms with Crippen LogP contribution in [0.4, 0.5) is 0 Å². The summed E-state index contributed by atoms with van der Waals surface area (Å²) in [5.41, 5.74) is 7.76. The number of ether oxygens (including phenoxy) is 1. The summed E-state index contributed by atoms with van der Waals surface area (Å²) in [5, 5.41) is 0. The number of hydrogen-bond acceptors (Lipinski definition) is 3. The lowest BCUT2D eigenvalue weighted by molar-refractivity contribution is 0.119. The van der Waals surface area contributed by atoms with Crippen molar-refractivity contribution in [2.75, 3.05) is 13.7 Å². The van der Waals surface area contributed by atoms with Crippen LogP contribution >= 0.6 is 0 Å². The van der Waals surface area contributed by atoms with Crippen molar-refractivity contribution in [3.8, 4) is 5.75 Å². The van der Waals surface area contributed by atoms with E-state index in [2.05, 4.69) is 30.9 Å². The predicted molar refractivity (Wildman–Crippen MR) is 88.6 cm³/mol. The first-order chi connectivity index (χ1) is 10.2. The summed E-state index contributed by atoms with van der Waals surface area (Å²) in [6.45, 7) is 5.47. The molecule has 0 spiro atoms. The summed E-state index contributed by atoms with van der Waals surface area (Å²) < 4.78 is 5.60. The van der Waals surface area contributed by atoms with Crippen LogP contribution in [-0.2, 0) is 0 Å². The zero-order valence-corrected chi connectivity index (χ0v) is 13.7. The minimum Gasteiger partial charge on any atom is -0.496 e. The van der Waals surface area contributed by atoms with E-state index in [1.165, 1.54) is 31.2 Å². The molecule has 1 saturated carbocycles. The van der Waals surface area contributed by atoms with Crippen molar-refractivity contribution in [2.45, 2.75) is 64.1 Å². The monoisotopic (exact) mass is 290 g/mol. The smallest absolute Gasteiger partial charge is 0.123 e. The highest BCUT2D eigenvalue weighted by molar-refractivity contribution is 5.37. The second-order valence-electron chi connectivity index (χ2n) is 6.03. The number of nitrogens with two attached hydrogens (primary N) is 1. The van der Waals surface area contributed by atoms with Gasteiger partial charge in [-0.25, -0.2) is 0 Å². The van der Waals surface area contributed by atoms with Crippen LogP contribution in [0.3, 0.4) is 0 Å². The van der Waals surface area contributed by atoms with Crippen LogP contribution in [0.15, 0.2) is 24.3 Å². The number of rotatable bonds is 7. The van der Waals surface area contributed by atoms with Crippen molar-refractivity contribution in [2.24, 2.45) is 5.73 Å². The van der Waals surface area contributed by atoms with Crippen LogP contribution in [0, 0.1) is 0 Å². The molecular formula is C18H30N2O. The fourth-order valence-electron chi connectivity index (χ4n) is 3.71. The Labute approximate surface area is 129 Å². The molecule has 2 atom stereocenters. The maximum Gasteiger partial charge on any atom is 0.123 e. The first-order valence-corrected chi connectivity index (χ1v) is 8.37. The topological polar surface area (TPSA) is 38.5 Å². The van der Waals surface area contributed by atoms with Crippen molar-refractivity contribution in [1.29, 1.82) is 0 Å². The van der Waals surface area contributed by atoms with Gasteiger partial charge in [-0.3, -0.25) is 4.90 Å². The van der Waals surface area contributed by atoms with E-state index in [9.17, 15) is 0 Å². The standard InChI is InChI=1S/C18H30N2O/c1-4-16(19)18(15-12-8-9-13-17(15)21-3)20(5-2)14-10-6-7-11-14/h8-9,12-14,16,18H,4-7,10-11,19H2,1-3H3. The predicted octanol–water partition coefficient (Wildman–Crippen LogP) is 3.74. The molecular weight excluding hydrogens is 260 g/mol. The number of nitrogens with zero attached hydrogens (tertiary/aromatic N) is 1. The summed E-state index contributed by atoms with van der Waals surface area (Å²) in [7, 11) is 1.75. The molecule has 21 heavy (non-hydrogen) atoms. The fourth-order valence-corrected chi connectivity index (χ4v) is 3.71. The largest absolute Gasteiger partial charge is 0.496 e. The van der Waals surface area contributed by atoms with Gasteiger partial charge in [0.2, 0.25) is 0 Å². The van der Waals surface area contributed by atoms with E-state index in [1.54, 1.807) is 7.11 Å². The van der Waals surface area contributed by atoms with Gasteiger partial charge in [0, 0.05) is 17.6 Å². The van der Waals surface area contributed by atoms with Crippen LogP contribution in [0.1, 0.15) is 57.6 Å². The minimum atomic E-state index is 0.141. The van der Waals surface area contributed by atoms with Gasteiger partial charge in [0.15, 0.2) is 0 Å². The molecule has 1 aromatic rings. The number of hydrogen-bond donors (Lipinski definition) is 1. The number of likely N-dealkylation sites (N-methyl/N-ethyl adjacent to an activating group) is 1. The maximum absolute atomic E-state index is 6.52. The van der Waals surface area contributed by atoms with E-state index >= 15 is 0 Å². The van der Waals surface area contributed by atoms with Crippen LogP contribution in [0.25, 0.3) is 0 Å². The van der Waals surface area contributed by atoms with E-state index in [-0.39, 0.29) is 12.1 Å². The number of methoxy groups -OCH3 is 1. The molecule has 0 bridgehead atoms. The molecule has 0 heterocycles. The first-order valence-electron chi connectivity index (χ1n) is 8.37. The van der Waals surface area contributed by atoms with Gasteiger partial charge in [0.25, 0.3) is 0 Å². The van der Waals surface area contributed by atoms with Crippen LogP contribution in [0.2, 0.25) is 0 Å². The van der Waals surface area contributed by atoms with Gasteiger partial charge in [-0.2, -0.15) is 0 Å². The lowest BCUT2D eigenvalue weighted by atomic mass is 9.93. The Hall–Kier alpha value is -1.06. The highest BCUT2D eigenvalue weighted by atomic mass is 16.5. The third-order valence-corrected chi connectivity index (χ3v) is 4.85. The van der Waals surface area contributed by atoms with Crippen LogP contribution < -0.4 is 10.5 Å². The minimum absolute atomic E-state index is 0.141. The normalized spacial score (nSPS) is 18.9. The molecule has 0 amide bonds. The van der Waals surface area contributed by atoms with Gasteiger partial charge in [0.05, 0.1) is 13.2 Å². The Morgan fingerprint density at radius 2 is 1.90 bits per heavy atom. The highest BCUT2D eigenvalue weighted by Crippen LogP contribution is 2.36. The van der Waals surface area contributed by atoms with Crippen molar-refractivity contribution in [3.05, 3.63) is 29.8 Å². The second-order valence-corrected chi connectivity index (χ2v) is 6.03. The van der Waals surface area contributed by atoms with Gasteiger partial charge < -0.3 is 10.5 Å². The van der Waals surface area contributed by atoms with Gasteiger partial charge in [-0.05, 0) is 31.9 Å². The lowest BCUT2D eigenvalue weighted by Crippen LogP contribution is -2.45. The highest BCUT2D eigenvalue weighted by Gasteiger charge is 2.33. The van der Waals surface area contributed by atoms with Crippen LogP contribution in [-0.4, -0.2) is 30.6 Å².